The molecule has 2 N–H and O–H groups in total. The molecule has 0 spiro atoms. The predicted octanol–water partition coefficient (Wildman–Crippen LogP) is 1.12. The number of hydrogen-bond donors (Lipinski definition) is 2. The van der Waals surface area contributed by atoms with Crippen molar-refractivity contribution in [2.75, 3.05) is 18.6 Å². The Hall–Kier alpha value is -1.60. The molecule has 2 heterocycles. The molecule has 21 heavy (non-hydrogen) atoms. The average molecular weight is 308 g/mol. The largest absolute Gasteiger partial charge is 0.394 e. The van der Waals surface area contributed by atoms with Crippen molar-refractivity contribution in [3.05, 3.63) is 23.5 Å². The van der Waals surface area contributed by atoms with Crippen molar-refractivity contribution >= 4 is 28.7 Å². The molecule has 6 nitrogen and oxygen atoms in total. The highest BCUT2D eigenvalue weighted by molar-refractivity contribution is 7.98. The predicted molar refractivity (Wildman–Crippen MR) is 84.6 cm³/mol. The smallest absolute Gasteiger partial charge is 0.253 e. The number of hydrogen-bond acceptors (Lipinski definition) is 5. The Morgan fingerprint density at radius 2 is 2.33 bits per heavy atom. The molecular weight excluding hydrogens is 288 g/mol. The van der Waals surface area contributed by atoms with Gasteiger partial charge in [0.05, 0.1) is 23.9 Å². The minimum atomic E-state index is -0.226. The van der Waals surface area contributed by atoms with Gasteiger partial charge >= 0.3 is 0 Å². The summed E-state index contributed by atoms with van der Waals surface area (Å²) < 4.78 is 1.70. The van der Waals surface area contributed by atoms with Crippen LogP contribution in [0.2, 0.25) is 0 Å². The number of aryl methyl sites for hydroxylation is 2. The number of pyridine rings is 1. The second-order valence-electron chi connectivity index (χ2n) is 4.94. The van der Waals surface area contributed by atoms with Gasteiger partial charge in [-0.15, -0.1) is 0 Å². The average Bonchev–Trinajstić information content (AvgIpc) is 2.77. The molecule has 0 aliphatic carbocycles. The lowest BCUT2D eigenvalue weighted by atomic mass is 10.1. The van der Waals surface area contributed by atoms with Gasteiger partial charge in [0.2, 0.25) is 0 Å². The topological polar surface area (TPSA) is 80.0 Å². The normalized spacial score (nSPS) is 12.6. The molecule has 7 heteroatoms. The maximum atomic E-state index is 12.2. The molecule has 0 unspecified atom stereocenters. The van der Waals surface area contributed by atoms with Crippen molar-refractivity contribution in [3.8, 4) is 0 Å². The highest BCUT2D eigenvalue weighted by Crippen LogP contribution is 2.16. The zero-order valence-corrected chi connectivity index (χ0v) is 13.3. The number of fused-ring (bicyclic) bond motifs is 1. The van der Waals surface area contributed by atoms with E-state index in [1.54, 1.807) is 28.7 Å². The number of nitrogens with zero attached hydrogens (tertiary/aromatic N) is 3. The van der Waals surface area contributed by atoms with Crippen molar-refractivity contribution in [2.24, 2.45) is 7.05 Å². The molecule has 2 rings (SSSR count). The summed E-state index contributed by atoms with van der Waals surface area (Å²) in [6.07, 6.45) is 4.28. The lowest BCUT2D eigenvalue weighted by Gasteiger charge is -2.15. The van der Waals surface area contributed by atoms with Gasteiger partial charge in [0.1, 0.15) is 0 Å². The number of rotatable bonds is 6. The van der Waals surface area contributed by atoms with Crippen LogP contribution in [0.3, 0.4) is 0 Å². The second kappa shape index (κ2) is 6.91. The van der Waals surface area contributed by atoms with E-state index in [0.717, 1.165) is 28.9 Å². The highest BCUT2D eigenvalue weighted by Gasteiger charge is 2.15. The van der Waals surface area contributed by atoms with Gasteiger partial charge in [0, 0.05) is 18.6 Å². The van der Waals surface area contributed by atoms with E-state index in [2.05, 4.69) is 15.4 Å². The molecule has 0 fully saturated rings. The molecule has 1 atom stereocenters. The Morgan fingerprint density at radius 1 is 1.57 bits per heavy atom. The zero-order chi connectivity index (χ0) is 15.4. The summed E-state index contributed by atoms with van der Waals surface area (Å²) in [5.74, 6) is 0.678. The first-order valence-electron chi connectivity index (χ1n) is 6.76. The third kappa shape index (κ3) is 3.54. The first-order chi connectivity index (χ1) is 10.1. The van der Waals surface area contributed by atoms with Gasteiger partial charge in [-0.3, -0.25) is 9.48 Å². The summed E-state index contributed by atoms with van der Waals surface area (Å²) in [7, 11) is 1.83. The van der Waals surface area contributed by atoms with Gasteiger partial charge in [0.25, 0.3) is 5.91 Å². The minimum absolute atomic E-state index is 0.0616. The van der Waals surface area contributed by atoms with Gasteiger partial charge < -0.3 is 10.4 Å². The van der Waals surface area contributed by atoms with Crippen LogP contribution in [0.15, 0.2) is 12.3 Å². The number of thioether (sulfide) groups is 1. The zero-order valence-electron chi connectivity index (χ0n) is 12.5. The monoisotopic (exact) mass is 308 g/mol. The standard InChI is InChI=1S/C14H20N4O2S/c1-9-12-6-10(7-15-13(12)18(2)17-9)14(20)16-11(8-19)4-5-21-3/h6-7,11,19H,4-5,8H2,1-3H3,(H,16,20)/t11-/m0/s1. The number of aromatic nitrogens is 3. The Morgan fingerprint density at radius 3 is 3.00 bits per heavy atom. The number of carbonyl (C=O) groups excluding carboxylic acids is 1. The van der Waals surface area contributed by atoms with Gasteiger partial charge in [0.15, 0.2) is 5.65 Å². The Kier molecular flexibility index (Phi) is 5.19. The molecule has 2 aromatic heterocycles. The van der Waals surface area contributed by atoms with Gasteiger partial charge in [-0.2, -0.15) is 16.9 Å². The summed E-state index contributed by atoms with van der Waals surface area (Å²) in [5.41, 5.74) is 2.09. The van der Waals surface area contributed by atoms with E-state index in [0.29, 0.717) is 5.56 Å². The molecule has 0 aromatic carbocycles. The summed E-state index contributed by atoms with van der Waals surface area (Å²) >= 11 is 1.69. The van der Waals surface area contributed by atoms with Crippen LogP contribution in [0.4, 0.5) is 0 Å². The van der Waals surface area contributed by atoms with E-state index < -0.39 is 0 Å². The van der Waals surface area contributed by atoms with E-state index in [1.807, 2.05) is 20.2 Å². The van der Waals surface area contributed by atoms with Crippen molar-refractivity contribution in [3.63, 3.8) is 0 Å². The fraction of sp³-hybridized carbons (Fsp3) is 0.500. The fourth-order valence-electron chi connectivity index (χ4n) is 2.17. The van der Waals surface area contributed by atoms with E-state index in [4.69, 9.17) is 0 Å². The maximum Gasteiger partial charge on any atom is 0.253 e. The minimum Gasteiger partial charge on any atom is -0.394 e. The summed E-state index contributed by atoms with van der Waals surface area (Å²) in [5, 5.41) is 17.3. The first-order valence-corrected chi connectivity index (χ1v) is 8.16. The molecule has 114 valence electrons. The van der Waals surface area contributed by atoms with Crippen LogP contribution in [-0.2, 0) is 7.05 Å². The first kappa shape index (κ1) is 15.8. The molecule has 0 aliphatic rings. The van der Waals surface area contributed by atoms with E-state index >= 15 is 0 Å². The molecule has 0 aliphatic heterocycles. The van der Waals surface area contributed by atoms with Crippen molar-refractivity contribution in [1.82, 2.24) is 20.1 Å². The summed E-state index contributed by atoms with van der Waals surface area (Å²) in [6.45, 7) is 1.83. The van der Waals surface area contributed by atoms with Crippen LogP contribution in [0.5, 0.6) is 0 Å². The summed E-state index contributed by atoms with van der Waals surface area (Å²) in [6, 6.07) is 1.57. The van der Waals surface area contributed by atoms with Crippen molar-refractivity contribution in [2.45, 2.75) is 19.4 Å². The molecule has 2 aromatic rings. The summed E-state index contributed by atoms with van der Waals surface area (Å²) in [4.78, 5) is 16.5. The van der Waals surface area contributed by atoms with Crippen LogP contribution in [0.25, 0.3) is 11.0 Å². The molecule has 0 radical (unpaired) electrons. The number of carbonyl (C=O) groups is 1. The van der Waals surface area contributed by atoms with Crippen LogP contribution < -0.4 is 5.32 Å². The van der Waals surface area contributed by atoms with Crippen LogP contribution in [0, 0.1) is 6.92 Å². The van der Waals surface area contributed by atoms with Crippen LogP contribution >= 0.6 is 11.8 Å². The Labute approximate surface area is 127 Å². The quantitative estimate of drug-likeness (QED) is 0.836. The molecular formula is C14H20N4O2S. The lowest BCUT2D eigenvalue weighted by Crippen LogP contribution is -2.38. The third-order valence-electron chi connectivity index (χ3n) is 3.35. The number of aliphatic hydroxyl groups excluding tert-OH is 1. The van der Waals surface area contributed by atoms with Crippen LogP contribution in [-0.4, -0.2) is 50.4 Å². The molecule has 1 amide bonds. The Balaban J connectivity index is 2.17. The Bertz CT molecular complexity index is 641. The van der Waals surface area contributed by atoms with E-state index in [9.17, 15) is 9.90 Å². The fourth-order valence-corrected chi connectivity index (χ4v) is 2.69. The number of amides is 1. The van der Waals surface area contributed by atoms with Crippen molar-refractivity contribution in [1.29, 1.82) is 0 Å². The van der Waals surface area contributed by atoms with Gasteiger partial charge in [-0.1, -0.05) is 0 Å². The van der Waals surface area contributed by atoms with Crippen LogP contribution in [0.1, 0.15) is 22.5 Å². The van der Waals surface area contributed by atoms with E-state index in [-0.39, 0.29) is 18.6 Å². The number of nitrogens with one attached hydrogen (secondary N) is 1. The lowest BCUT2D eigenvalue weighted by molar-refractivity contribution is 0.0915. The van der Waals surface area contributed by atoms with Gasteiger partial charge in [-0.25, -0.2) is 4.98 Å². The molecule has 0 saturated heterocycles. The van der Waals surface area contributed by atoms with E-state index in [1.165, 1.54) is 0 Å². The molecule has 0 saturated carbocycles. The highest BCUT2D eigenvalue weighted by atomic mass is 32.2. The second-order valence-corrected chi connectivity index (χ2v) is 5.92. The van der Waals surface area contributed by atoms with Gasteiger partial charge in [-0.05, 0) is 31.4 Å². The molecule has 0 bridgehead atoms. The maximum absolute atomic E-state index is 12.2. The SMILES string of the molecule is CSCC[C@@H](CO)NC(=O)c1cnc2c(c1)c(C)nn2C. The van der Waals surface area contributed by atoms with Crippen molar-refractivity contribution < 1.29 is 9.90 Å². The number of aliphatic hydroxyl groups is 1. The third-order valence-corrected chi connectivity index (χ3v) is 4.00.